The number of fused-ring (bicyclic) bond motifs is 6. The molecule has 9 aromatic carbocycles. The molecule has 0 saturated heterocycles. The van der Waals surface area contributed by atoms with Gasteiger partial charge < -0.3 is 4.57 Å². The highest BCUT2D eigenvalue weighted by atomic mass is 19.4. The van der Waals surface area contributed by atoms with Gasteiger partial charge in [0.25, 0.3) is 0 Å². The number of hydrogen-bond acceptors (Lipinski definition) is 5. The number of halogens is 6. The van der Waals surface area contributed by atoms with E-state index in [1.807, 2.05) is 276 Å². The zero-order valence-corrected chi connectivity index (χ0v) is 49.7. The van der Waals surface area contributed by atoms with Crippen LogP contribution in [0.1, 0.15) is 11.1 Å². The second-order valence-electron chi connectivity index (χ2n) is 23.0. The highest BCUT2D eigenvalue weighted by Crippen LogP contribution is 2.45. The summed E-state index contributed by atoms with van der Waals surface area (Å²) in [6.45, 7) is 0. The number of benzene rings is 9. The molecule has 0 aliphatic heterocycles. The normalized spacial score (nSPS) is 11.9. The largest absolute Gasteiger partial charge is 0.416 e. The lowest BCUT2D eigenvalue weighted by molar-refractivity contribution is -0.143. The standard InChI is InChI=1S/C81H49F6N7/c82-80(83,84)59-41-58(42-60(47-59)81(85,86)87)65-48-79(94-76-45-56(72-31-15-27-68(91-72)52-21-9-3-10-22-52)35-39-63(76)64-40-36-57(46-77(64)94)73-32-16-28-69(92-73)53-23-11-4-12-24-53)88-49-78(65)93-74-43-54(70-29-13-25-66(89-70)50-17-5-1-6-18-50)33-37-61(74)62-38-34-55(44-75(62)93)71-30-14-26-67(90-71)51-19-7-2-8-20-51/h1-49H. The van der Waals surface area contributed by atoms with Crippen molar-refractivity contribution in [3.63, 3.8) is 0 Å². The minimum atomic E-state index is -5.18. The van der Waals surface area contributed by atoms with E-state index in [2.05, 4.69) is 0 Å². The molecule has 450 valence electrons. The fraction of sp³-hybridized carbons (Fsp3) is 0.0247. The lowest BCUT2D eigenvalue weighted by Gasteiger charge is -2.19. The molecular formula is C81H49F6N7. The molecule has 0 unspecified atom stereocenters. The molecule has 0 N–H and O–H groups in total. The smallest absolute Gasteiger partial charge is 0.307 e. The highest BCUT2D eigenvalue weighted by Gasteiger charge is 2.38. The van der Waals surface area contributed by atoms with Crippen molar-refractivity contribution >= 4 is 43.6 Å². The summed E-state index contributed by atoms with van der Waals surface area (Å²) in [4.78, 5) is 25.8. The number of rotatable bonds is 11. The van der Waals surface area contributed by atoms with Gasteiger partial charge in [0.15, 0.2) is 0 Å². The van der Waals surface area contributed by atoms with Crippen LogP contribution in [0.2, 0.25) is 0 Å². The predicted octanol–water partition coefficient (Wildman–Crippen LogP) is 21.9. The Bertz CT molecular complexity index is 5280. The average molecular weight is 1230 g/mol. The second-order valence-corrected chi connectivity index (χ2v) is 23.0. The topological polar surface area (TPSA) is 74.3 Å². The molecule has 16 aromatic rings. The monoisotopic (exact) mass is 1230 g/mol. The summed E-state index contributed by atoms with van der Waals surface area (Å²) < 4.78 is 96.0. The van der Waals surface area contributed by atoms with Crippen molar-refractivity contribution in [3.8, 4) is 113 Å². The molecule has 94 heavy (non-hydrogen) atoms. The maximum atomic E-state index is 15.4. The Morgan fingerprint density at radius 2 is 0.532 bits per heavy atom. The maximum absolute atomic E-state index is 15.4. The molecule has 0 atom stereocenters. The summed E-state index contributed by atoms with van der Waals surface area (Å²) in [7, 11) is 0. The highest BCUT2D eigenvalue weighted by molar-refractivity contribution is 6.13. The van der Waals surface area contributed by atoms with Gasteiger partial charge in [0.05, 0.1) is 90.6 Å². The van der Waals surface area contributed by atoms with E-state index in [-0.39, 0.29) is 28.7 Å². The number of hydrogen-bond donors (Lipinski definition) is 0. The van der Waals surface area contributed by atoms with Crippen molar-refractivity contribution in [1.29, 1.82) is 0 Å². The van der Waals surface area contributed by atoms with E-state index >= 15 is 26.3 Å². The Kier molecular flexibility index (Phi) is 14.0. The van der Waals surface area contributed by atoms with Gasteiger partial charge in [-0.1, -0.05) is 194 Å². The SMILES string of the molecule is FC(F)(F)c1cc(-c2cc(-n3c4cc(-c5cccc(-c6ccccc6)n5)ccc4c4ccc(-c5cccc(-c6ccccc6)n5)cc43)ncc2-n2c3cc(-c4cccc(-c5ccccc5)n4)ccc3c3ccc(-c4cccc(-c5ccccc5)n4)cc32)cc(C(F)(F)F)c1. The first-order chi connectivity index (χ1) is 45.8. The fourth-order valence-electron chi connectivity index (χ4n) is 12.7. The zero-order valence-electron chi connectivity index (χ0n) is 49.7. The molecule has 0 radical (unpaired) electrons. The summed E-state index contributed by atoms with van der Waals surface area (Å²) in [5, 5.41) is 3.11. The quantitative estimate of drug-likeness (QED) is 0.121. The van der Waals surface area contributed by atoms with Gasteiger partial charge in [0.2, 0.25) is 0 Å². The van der Waals surface area contributed by atoms with Crippen LogP contribution in [0, 0.1) is 0 Å². The molecule has 0 spiro atoms. The Hall–Kier alpha value is -12.1. The second kappa shape index (κ2) is 23.0. The van der Waals surface area contributed by atoms with Gasteiger partial charge in [-0.15, -0.1) is 0 Å². The fourth-order valence-corrected chi connectivity index (χ4v) is 12.7. The van der Waals surface area contributed by atoms with E-state index in [1.165, 1.54) is 0 Å². The maximum Gasteiger partial charge on any atom is 0.416 e. The molecular weight excluding hydrogens is 1180 g/mol. The Morgan fingerprint density at radius 3 is 0.830 bits per heavy atom. The molecule has 16 rings (SSSR count). The van der Waals surface area contributed by atoms with Crippen molar-refractivity contribution in [3.05, 3.63) is 309 Å². The molecule has 7 aromatic heterocycles. The number of aromatic nitrogens is 7. The first-order valence-corrected chi connectivity index (χ1v) is 30.4. The molecule has 0 aliphatic carbocycles. The molecule has 7 nitrogen and oxygen atoms in total. The van der Waals surface area contributed by atoms with Crippen LogP contribution in [0.3, 0.4) is 0 Å². The van der Waals surface area contributed by atoms with Gasteiger partial charge in [-0.25, -0.2) is 24.9 Å². The van der Waals surface area contributed by atoms with E-state index in [9.17, 15) is 0 Å². The van der Waals surface area contributed by atoms with Crippen molar-refractivity contribution in [2.24, 2.45) is 0 Å². The Labute approximate surface area is 534 Å². The van der Waals surface area contributed by atoms with Crippen molar-refractivity contribution in [2.45, 2.75) is 12.4 Å². The van der Waals surface area contributed by atoms with E-state index in [1.54, 1.807) is 12.3 Å². The summed E-state index contributed by atoms with van der Waals surface area (Å²) in [5.74, 6) is 0.210. The van der Waals surface area contributed by atoms with E-state index < -0.39 is 23.5 Å². The van der Waals surface area contributed by atoms with Crippen LogP contribution >= 0.6 is 0 Å². The zero-order chi connectivity index (χ0) is 63.7. The van der Waals surface area contributed by atoms with E-state index in [4.69, 9.17) is 24.9 Å². The van der Waals surface area contributed by atoms with Crippen molar-refractivity contribution in [2.75, 3.05) is 0 Å². The van der Waals surface area contributed by atoms with E-state index in [0.717, 1.165) is 89.8 Å². The van der Waals surface area contributed by atoms with Gasteiger partial charge in [-0.2, -0.15) is 26.3 Å². The molecule has 0 saturated carbocycles. The van der Waals surface area contributed by atoms with Gasteiger partial charge in [0.1, 0.15) is 5.82 Å². The van der Waals surface area contributed by atoms with Gasteiger partial charge in [0, 0.05) is 71.6 Å². The van der Waals surface area contributed by atoms with Crippen LogP contribution in [0.5, 0.6) is 0 Å². The van der Waals surface area contributed by atoms with Crippen molar-refractivity contribution < 1.29 is 26.3 Å². The van der Waals surface area contributed by atoms with Crippen LogP contribution in [-0.4, -0.2) is 34.1 Å². The molecule has 13 heteroatoms. The number of pyridine rings is 5. The minimum Gasteiger partial charge on any atom is -0.307 e. The minimum absolute atomic E-state index is 0.0290. The average Bonchev–Trinajstić information content (AvgIpc) is 1.55. The third-order valence-corrected chi connectivity index (χ3v) is 17.2. The number of nitrogens with zero attached hydrogens (tertiary/aromatic N) is 7. The molecule has 0 fully saturated rings. The molecule has 0 aliphatic rings. The first-order valence-electron chi connectivity index (χ1n) is 30.4. The lowest BCUT2D eigenvalue weighted by atomic mass is 9.98. The number of alkyl halides is 6. The van der Waals surface area contributed by atoms with Crippen LogP contribution in [0.25, 0.3) is 156 Å². The first kappa shape index (κ1) is 57.1. The summed E-state index contributed by atoms with van der Waals surface area (Å²) >= 11 is 0. The lowest BCUT2D eigenvalue weighted by Crippen LogP contribution is -2.11. The Morgan fingerprint density at radius 1 is 0.245 bits per heavy atom. The summed E-state index contributed by atoms with van der Waals surface area (Å²) in [6.07, 6.45) is -8.80. The predicted molar refractivity (Wildman–Crippen MR) is 363 cm³/mol. The van der Waals surface area contributed by atoms with Gasteiger partial charge in [-0.05, 0) is 103 Å². The Balaban J connectivity index is 0.980. The van der Waals surface area contributed by atoms with Crippen LogP contribution in [0.15, 0.2) is 297 Å². The van der Waals surface area contributed by atoms with Gasteiger partial charge >= 0.3 is 12.4 Å². The summed E-state index contributed by atoms with van der Waals surface area (Å²) in [5.41, 5.74) is 11.6. The summed E-state index contributed by atoms with van der Waals surface area (Å²) in [6, 6.07) is 89.6. The van der Waals surface area contributed by atoms with Gasteiger partial charge in [-0.3, -0.25) is 4.57 Å². The molecule has 0 amide bonds. The molecule has 7 heterocycles. The van der Waals surface area contributed by atoms with Crippen LogP contribution in [-0.2, 0) is 12.4 Å². The third-order valence-electron chi connectivity index (χ3n) is 17.2. The van der Waals surface area contributed by atoms with Crippen molar-refractivity contribution in [1.82, 2.24) is 34.1 Å². The van der Waals surface area contributed by atoms with Crippen LogP contribution < -0.4 is 0 Å². The van der Waals surface area contributed by atoms with Crippen LogP contribution in [0.4, 0.5) is 26.3 Å². The third kappa shape index (κ3) is 10.6. The molecule has 0 bridgehead atoms. The van der Waals surface area contributed by atoms with E-state index in [0.29, 0.717) is 56.0 Å².